The van der Waals surface area contributed by atoms with Gasteiger partial charge in [0, 0.05) is 24.5 Å². The summed E-state index contributed by atoms with van der Waals surface area (Å²) >= 11 is 0. The molecule has 0 aromatic heterocycles. The zero-order valence-electron chi connectivity index (χ0n) is 13.4. The summed E-state index contributed by atoms with van der Waals surface area (Å²) in [6.45, 7) is 4.08. The second kappa shape index (κ2) is 7.36. The summed E-state index contributed by atoms with van der Waals surface area (Å²) in [5.74, 6) is 1.26. The fourth-order valence-corrected chi connectivity index (χ4v) is 4.08. The van der Waals surface area contributed by atoms with Crippen LogP contribution in [0.15, 0.2) is 48.5 Å². The molecule has 0 aliphatic carbocycles. The van der Waals surface area contributed by atoms with E-state index in [-0.39, 0.29) is 6.10 Å². The fourth-order valence-electron chi connectivity index (χ4n) is 1.98. The third kappa shape index (κ3) is 5.17. The van der Waals surface area contributed by atoms with E-state index < -0.39 is 8.80 Å². The molecule has 2 aromatic rings. The van der Waals surface area contributed by atoms with Crippen LogP contribution in [0.2, 0.25) is 6.55 Å². The van der Waals surface area contributed by atoms with Gasteiger partial charge in [-0.1, -0.05) is 0 Å². The van der Waals surface area contributed by atoms with Crippen LogP contribution < -0.4 is 26.1 Å². The number of nitrogens with two attached hydrogens (primary N) is 3. The zero-order chi connectivity index (χ0) is 16.9. The lowest BCUT2D eigenvalue weighted by Crippen LogP contribution is -2.51. The molecule has 2 rings (SSSR count). The lowest BCUT2D eigenvalue weighted by Gasteiger charge is -2.29. The Bertz CT molecular complexity index is 572. The maximum Gasteiger partial charge on any atom is 0.629 e. The average molecular weight is 333 g/mol. The largest absolute Gasteiger partial charge is 0.629 e. The van der Waals surface area contributed by atoms with Gasteiger partial charge < -0.3 is 30.5 Å². The Morgan fingerprint density at radius 1 is 0.870 bits per heavy atom. The molecule has 0 saturated heterocycles. The summed E-state index contributed by atoms with van der Waals surface area (Å²) < 4.78 is 18.0. The van der Waals surface area contributed by atoms with E-state index in [1.807, 2.05) is 13.5 Å². The standard InChI is InChI=1S/C16H23N3O3Si/c1-12(11-17)20-23(2,21-15-7-3-13(18)4-8-15)22-16-9-5-14(19)6-10-16/h3-10,12H,11,17-19H2,1-2H3. The fraction of sp³-hybridized carbons (Fsp3) is 0.250. The Balaban J connectivity index is 2.19. The van der Waals surface area contributed by atoms with Crippen LogP contribution in [0.4, 0.5) is 11.4 Å². The molecule has 2 aromatic carbocycles. The third-order valence-corrected chi connectivity index (χ3v) is 5.16. The molecule has 0 fully saturated rings. The summed E-state index contributed by atoms with van der Waals surface area (Å²) in [5.41, 5.74) is 18.4. The highest BCUT2D eigenvalue weighted by Crippen LogP contribution is 2.24. The van der Waals surface area contributed by atoms with Gasteiger partial charge in [-0.05, 0) is 55.5 Å². The van der Waals surface area contributed by atoms with Gasteiger partial charge in [0.2, 0.25) is 0 Å². The number of rotatable bonds is 7. The summed E-state index contributed by atoms with van der Waals surface area (Å²) in [4.78, 5) is 0. The topological polar surface area (TPSA) is 106 Å². The highest BCUT2D eigenvalue weighted by Gasteiger charge is 2.41. The first kappa shape index (κ1) is 17.1. The molecule has 0 radical (unpaired) electrons. The highest BCUT2D eigenvalue weighted by atomic mass is 28.4. The molecule has 0 aliphatic heterocycles. The van der Waals surface area contributed by atoms with E-state index in [0.29, 0.717) is 29.4 Å². The molecule has 0 bridgehead atoms. The van der Waals surface area contributed by atoms with Crippen molar-refractivity contribution in [1.82, 2.24) is 0 Å². The molecular weight excluding hydrogens is 310 g/mol. The van der Waals surface area contributed by atoms with E-state index >= 15 is 0 Å². The number of anilines is 2. The maximum atomic E-state index is 6.02. The van der Waals surface area contributed by atoms with Crippen LogP contribution in [0.5, 0.6) is 11.5 Å². The van der Waals surface area contributed by atoms with Crippen molar-refractivity contribution in [3.8, 4) is 11.5 Å². The smallest absolute Gasteiger partial charge is 0.492 e. The van der Waals surface area contributed by atoms with Crippen LogP contribution >= 0.6 is 0 Å². The van der Waals surface area contributed by atoms with E-state index in [1.54, 1.807) is 48.5 Å². The average Bonchev–Trinajstić information content (AvgIpc) is 2.51. The van der Waals surface area contributed by atoms with E-state index in [0.717, 1.165) is 0 Å². The number of hydrogen-bond acceptors (Lipinski definition) is 6. The van der Waals surface area contributed by atoms with Crippen molar-refractivity contribution in [3.63, 3.8) is 0 Å². The van der Waals surface area contributed by atoms with Crippen molar-refractivity contribution in [2.45, 2.75) is 19.6 Å². The summed E-state index contributed by atoms with van der Waals surface area (Å²) in [5, 5.41) is 0. The van der Waals surface area contributed by atoms with Crippen molar-refractivity contribution < 1.29 is 13.3 Å². The predicted octanol–water partition coefficient (Wildman–Crippen LogP) is 2.24. The Morgan fingerprint density at radius 2 is 1.26 bits per heavy atom. The molecule has 6 N–H and O–H groups in total. The SMILES string of the molecule is CC(CN)O[Si](C)(Oc1ccc(N)cc1)Oc1ccc(N)cc1. The monoisotopic (exact) mass is 333 g/mol. The Kier molecular flexibility index (Phi) is 5.48. The lowest BCUT2D eigenvalue weighted by molar-refractivity contribution is 0.123. The first-order chi connectivity index (χ1) is 10.9. The van der Waals surface area contributed by atoms with Gasteiger partial charge in [0.15, 0.2) is 0 Å². The zero-order valence-corrected chi connectivity index (χ0v) is 14.4. The summed E-state index contributed by atoms with van der Waals surface area (Å²) in [6, 6.07) is 14.2. The van der Waals surface area contributed by atoms with Crippen LogP contribution in [0.1, 0.15) is 6.92 Å². The molecule has 0 heterocycles. The molecule has 1 unspecified atom stereocenters. The van der Waals surface area contributed by atoms with E-state index in [9.17, 15) is 0 Å². The predicted molar refractivity (Wildman–Crippen MR) is 94.2 cm³/mol. The Labute approximate surface area is 137 Å². The number of benzene rings is 2. The summed E-state index contributed by atoms with van der Waals surface area (Å²) in [6.07, 6.45) is -0.186. The van der Waals surface area contributed by atoms with E-state index in [1.165, 1.54) is 0 Å². The van der Waals surface area contributed by atoms with Crippen LogP contribution in [-0.2, 0) is 4.43 Å². The van der Waals surface area contributed by atoms with Crippen LogP contribution in [-0.4, -0.2) is 21.5 Å². The number of nitrogen functional groups attached to an aromatic ring is 2. The normalized spacial score (nSPS) is 12.7. The van der Waals surface area contributed by atoms with Crippen LogP contribution in [0, 0.1) is 0 Å². The number of hydrogen-bond donors (Lipinski definition) is 3. The molecular formula is C16H23N3O3Si. The van der Waals surface area contributed by atoms with E-state index in [4.69, 9.17) is 30.5 Å². The van der Waals surface area contributed by atoms with Crippen molar-refractivity contribution in [2.75, 3.05) is 18.0 Å². The molecule has 0 aliphatic rings. The van der Waals surface area contributed by atoms with Crippen LogP contribution in [0.25, 0.3) is 0 Å². The van der Waals surface area contributed by atoms with E-state index in [2.05, 4.69) is 0 Å². The van der Waals surface area contributed by atoms with Crippen molar-refractivity contribution in [1.29, 1.82) is 0 Å². The summed E-state index contributed by atoms with van der Waals surface area (Å²) in [7, 11) is -3.01. The molecule has 0 saturated carbocycles. The van der Waals surface area contributed by atoms with Gasteiger partial charge in [-0.25, -0.2) is 0 Å². The van der Waals surface area contributed by atoms with Crippen LogP contribution in [0.3, 0.4) is 0 Å². The molecule has 7 heteroatoms. The van der Waals surface area contributed by atoms with Gasteiger partial charge in [0.05, 0.1) is 6.10 Å². The Hall–Kier alpha value is -2.22. The molecule has 124 valence electrons. The second-order valence-corrected chi connectivity index (χ2v) is 7.74. The Morgan fingerprint density at radius 3 is 1.61 bits per heavy atom. The van der Waals surface area contributed by atoms with Crippen molar-refractivity contribution >= 4 is 20.2 Å². The minimum Gasteiger partial charge on any atom is -0.492 e. The quantitative estimate of drug-likeness (QED) is 0.530. The first-order valence-corrected chi connectivity index (χ1v) is 9.59. The molecule has 6 nitrogen and oxygen atoms in total. The van der Waals surface area contributed by atoms with Gasteiger partial charge in [-0.2, -0.15) is 0 Å². The van der Waals surface area contributed by atoms with Gasteiger partial charge >= 0.3 is 8.80 Å². The molecule has 0 spiro atoms. The molecule has 0 amide bonds. The van der Waals surface area contributed by atoms with Gasteiger partial charge in [-0.3, -0.25) is 0 Å². The minimum absolute atomic E-state index is 0.186. The lowest BCUT2D eigenvalue weighted by atomic mass is 10.3. The highest BCUT2D eigenvalue weighted by molar-refractivity contribution is 6.60. The van der Waals surface area contributed by atoms with Crippen molar-refractivity contribution in [2.24, 2.45) is 5.73 Å². The molecule has 1 atom stereocenters. The van der Waals surface area contributed by atoms with Gasteiger partial charge in [-0.15, -0.1) is 0 Å². The third-order valence-electron chi connectivity index (χ3n) is 3.11. The second-order valence-electron chi connectivity index (χ2n) is 5.37. The minimum atomic E-state index is -3.01. The maximum absolute atomic E-state index is 6.02. The molecule has 23 heavy (non-hydrogen) atoms. The van der Waals surface area contributed by atoms with Gasteiger partial charge in [0.25, 0.3) is 0 Å². The van der Waals surface area contributed by atoms with Crippen molar-refractivity contribution in [3.05, 3.63) is 48.5 Å². The first-order valence-electron chi connectivity index (χ1n) is 7.37. The van der Waals surface area contributed by atoms with Gasteiger partial charge in [0.1, 0.15) is 11.5 Å².